The SMILES string of the molecule is CC(=O)N[C@H]1CS(=O)(=O)[C@H]2[C@@H]1[C@](O)(C=Cc1ccc(CO)cc1)C[C@@H]2c1ccc(CO)cc1. The van der Waals surface area contributed by atoms with Gasteiger partial charge in [0.25, 0.3) is 0 Å². The molecular formula is C25H29NO6S. The molecule has 2 aromatic carbocycles. The van der Waals surface area contributed by atoms with E-state index in [9.17, 15) is 28.5 Å². The molecule has 1 amide bonds. The highest BCUT2D eigenvalue weighted by atomic mass is 32.2. The molecule has 1 saturated heterocycles. The molecule has 8 heteroatoms. The lowest BCUT2D eigenvalue weighted by molar-refractivity contribution is -0.120. The van der Waals surface area contributed by atoms with Gasteiger partial charge in [-0.3, -0.25) is 4.79 Å². The number of carbonyl (C=O) groups is 1. The maximum atomic E-state index is 13.2. The summed E-state index contributed by atoms with van der Waals surface area (Å²) < 4.78 is 26.4. The zero-order valence-electron chi connectivity index (χ0n) is 18.4. The predicted molar refractivity (Wildman–Crippen MR) is 125 cm³/mol. The van der Waals surface area contributed by atoms with Crippen molar-refractivity contribution in [1.29, 1.82) is 0 Å². The Labute approximate surface area is 193 Å². The van der Waals surface area contributed by atoms with Crippen LogP contribution in [0.25, 0.3) is 6.08 Å². The number of hydrogen-bond acceptors (Lipinski definition) is 6. The number of carbonyl (C=O) groups excluding carboxylic acids is 1. The first kappa shape index (κ1) is 23.6. The van der Waals surface area contributed by atoms with Crippen molar-refractivity contribution in [3.8, 4) is 0 Å². The van der Waals surface area contributed by atoms with E-state index in [-0.39, 0.29) is 31.3 Å². The third-order valence-corrected chi connectivity index (χ3v) is 9.12. The van der Waals surface area contributed by atoms with Gasteiger partial charge in [-0.15, -0.1) is 0 Å². The zero-order valence-corrected chi connectivity index (χ0v) is 19.2. The van der Waals surface area contributed by atoms with Crippen molar-refractivity contribution in [3.05, 3.63) is 76.9 Å². The number of aliphatic hydroxyl groups excluding tert-OH is 2. The smallest absolute Gasteiger partial charge is 0.217 e. The first-order valence-electron chi connectivity index (χ1n) is 11.0. The summed E-state index contributed by atoms with van der Waals surface area (Å²) in [6.07, 6.45) is 3.60. The van der Waals surface area contributed by atoms with Crippen molar-refractivity contribution >= 4 is 21.8 Å². The summed E-state index contributed by atoms with van der Waals surface area (Å²) in [6.45, 7) is 1.17. The molecule has 1 saturated carbocycles. The maximum absolute atomic E-state index is 13.2. The number of nitrogens with one attached hydrogen (secondary N) is 1. The summed E-state index contributed by atoms with van der Waals surface area (Å²) in [5.74, 6) is -1.69. The fourth-order valence-electron chi connectivity index (χ4n) is 5.38. The number of benzene rings is 2. The lowest BCUT2D eigenvalue weighted by atomic mass is 9.84. The second-order valence-corrected chi connectivity index (χ2v) is 11.3. The largest absolute Gasteiger partial charge is 0.392 e. The van der Waals surface area contributed by atoms with E-state index in [2.05, 4.69) is 5.32 Å². The maximum Gasteiger partial charge on any atom is 0.217 e. The molecule has 4 N–H and O–H groups in total. The second kappa shape index (κ2) is 9.02. The highest BCUT2D eigenvalue weighted by Gasteiger charge is 2.64. The first-order valence-corrected chi connectivity index (χ1v) is 12.7. The summed E-state index contributed by atoms with van der Waals surface area (Å²) in [5, 5.41) is 32.3. The van der Waals surface area contributed by atoms with Crippen LogP contribution in [-0.2, 0) is 27.8 Å². The summed E-state index contributed by atoms with van der Waals surface area (Å²) in [6, 6.07) is 13.6. The molecule has 4 rings (SSSR count). The summed E-state index contributed by atoms with van der Waals surface area (Å²) in [7, 11) is -3.58. The van der Waals surface area contributed by atoms with Crippen molar-refractivity contribution in [2.45, 2.75) is 49.4 Å². The topological polar surface area (TPSA) is 124 Å². The summed E-state index contributed by atoms with van der Waals surface area (Å²) in [5.41, 5.74) is 1.64. The third-order valence-electron chi connectivity index (χ3n) is 6.84. The quantitative estimate of drug-likeness (QED) is 0.507. The molecule has 5 atom stereocenters. The van der Waals surface area contributed by atoms with Gasteiger partial charge in [-0.05, 0) is 28.7 Å². The minimum atomic E-state index is -3.58. The van der Waals surface area contributed by atoms with Gasteiger partial charge in [0, 0.05) is 24.8 Å². The first-order chi connectivity index (χ1) is 15.7. The molecule has 2 aromatic rings. The lowest BCUT2D eigenvalue weighted by Crippen LogP contribution is -2.47. The number of aliphatic hydroxyl groups is 3. The van der Waals surface area contributed by atoms with E-state index in [1.54, 1.807) is 48.6 Å². The Balaban J connectivity index is 1.74. The average molecular weight is 472 g/mol. The molecule has 1 heterocycles. The van der Waals surface area contributed by atoms with Gasteiger partial charge in [-0.25, -0.2) is 8.42 Å². The van der Waals surface area contributed by atoms with Crippen LogP contribution in [0.15, 0.2) is 54.6 Å². The Morgan fingerprint density at radius 1 is 1.06 bits per heavy atom. The van der Waals surface area contributed by atoms with Crippen LogP contribution in [0, 0.1) is 5.92 Å². The van der Waals surface area contributed by atoms with Crippen LogP contribution in [0.2, 0.25) is 0 Å². The summed E-state index contributed by atoms with van der Waals surface area (Å²) >= 11 is 0. The van der Waals surface area contributed by atoms with Crippen molar-refractivity contribution < 1.29 is 28.5 Å². The van der Waals surface area contributed by atoms with E-state index in [4.69, 9.17) is 0 Å². The number of sulfone groups is 1. The monoisotopic (exact) mass is 471 g/mol. The van der Waals surface area contributed by atoms with Crippen molar-refractivity contribution in [1.82, 2.24) is 5.32 Å². The molecule has 7 nitrogen and oxygen atoms in total. The molecular weight excluding hydrogens is 442 g/mol. The fourth-order valence-corrected chi connectivity index (χ4v) is 8.02. The molecule has 0 spiro atoms. The Bertz CT molecular complexity index is 1140. The molecule has 0 radical (unpaired) electrons. The number of rotatable bonds is 6. The fraction of sp³-hybridized carbons (Fsp3) is 0.400. The van der Waals surface area contributed by atoms with Crippen molar-refractivity contribution in [2.24, 2.45) is 5.92 Å². The van der Waals surface area contributed by atoms with E-state index in [0.717, 1.165) is 22.3 Å². The second-order valence-electron chi connectivity index (χ2n) is 9.06. The Morgan fingerprint density at radius 3 is 2.18 bits per heavy atom. The molecule has 0 bridgehead atoms. The number of amides is 1. The summed E-state index contributed by atoms with van der Waals surface area (Å²) in [4.78, 5) is 11.8. The van der Waals surface area contributed by atoms with Crippen LogP contribution in [-0.4, -0.2) is 52.3 Å². The van der Waals surface area contributed by atoms with E-state index < -0.39 is 38.6 Å². The van der Waals surface area contributed by atoms with Crippen molar-refractivity contribution in [2.75, 3.05) is 5.75 Å². The predicted octanol–water partition coefficient (Wildman–Crippen LogP) is 1.52. The molecule has 0 unspecified atom stereocenters. The minimum Gasteiger partial charge on any atom is -0.392 e. The highest BCUT2D eigenvalue weighted by molar-refractivity contribution is 7.92. The van der Waals surface area contributed by atoms with Crippen LogP contribution < -0.4 is 5.32 Å². The third kappa shape index (κ3) is 4.61. The van der Waals surface area contributed by atoms with E-state index in [1.807, 2.05) is 12.1 Å². The molecule has 1 aliphatic heterocycles. The molecule has 2 aliphatic rings. The van der Waals surface area contributed by atoms with Crippen LogP contribution in [0.3, 0.4) is 0 Å². The minimum absolute atomic E-state index is 0.0648. The zero-order chi connectivity index (χ0) is 23.8. The number of hydrogen-bond donors (Lipinski definition) is 4. The van der Waals surface area contributed by atoms with Crippen LogP contribution in [0.4, 0.5) is 0 Å². The van der Waals surface area contributed by atoms with Gasteiger partial charge in [0.15, 0.2) is 9.84 Å². The molecule has 176 valence electrons. The van der Waals surface area contributed by atoms with Gasteiger partial charge in [-0.2, -0.15) is 0 Å². The standard InChI is InChI=1S/C25H29NO6S/c1-16(29)26-22-15-33(31,32)24-21(20-8-6-19(14-28)7-9-20)12-25(30,23(22)24)11-10-17-2-4-18(13-27)5-3-17/h2-11,21-24,27-28,30H,12-15H2,1H3,(H,26,29)/t21-,22+,23-,24-,25+/m1/s1. The van der Waals surface area contributed by atoms with E-state index >= 15 is 0 Å². The Hall–Kier alpha value is -2.52. The Kier molecular flexibility index (Phi) is 6.46. The van der Waals surface area contributed by atoms with Gasteiger partial charge >= 0.3 is 0 Å². The van der Waals surface area contributed by atoms with E-state index in [0.29, 0.717) is 0 Å². The lowest BCUT2D eigenvalue weighted by Gasteiger charge is -2.30. The highest BCUT2D eigenvalue weighted by Crippen LogP contribution is 2.54. The van der Waals surface area contributed by atoms with E-state index in [1.165, 1.54) is 6.92 Å². The van der Waals surface area contributed by atoms with Gasteiger partial charge in [0.2, 0.25) is 5.91 Å². The van der Waals surface area contributed by atoms with Gasteiger partial charge in [0.1, 0.15) is 0 Å². The molecule has 33 heavy (non-hydrogen) atoms. The molecule has 2 fully saturated rings. The normalized spacial score (nSPS) is 30.4. The number of fused-ring (bicyclic) bond motifs is 1. The van der Waals surface area contributed by atoms with Crippen molar-refractivity contribution in [3.63, 3.8) is 0 Å². The van der Waals surface area contributed by atoms with Crippen LogP contribution >= 0.6 is 0 Å². The molecule has 0 aromatic heterocycles. The van der Waals surface area contributed by atoms with Gasteiger partial charge in [-0.1, -0.05) is 60.7 Å². The van der Waals surface area contributed by atoms with Gasteiger partial charge < -0.3 is 20.6 Å². The Morgan fingerprint density at radius 2 is 1.64 bits per heavy atom. The van der Waals surface area contributed by atoms with Crippen LogP contribution in [0.5, 0.6) is 0 Å². The van der Waals surface area contributed by atoms with Gasteiger partial charge in [0.05, 0.1) is 29.8 Å². The average Bonchev–Trinajstić information content (AvgIpc) is 3.25. The molecule has 1 aliphatic carbocycles. The van der Waals surface area contributed by atoms with Crippen LogP contribution in [0.1, 0.15) is 41.5 Å².